The van der Waals surface area contributed by atoms with E-state index in [1.54, 1.807) is 18.2 Å². The molecule has 0 saturated carbocycles. The van der Waals surface area contributed by atoms with Crippen LogP contribution in [0.2, 0.25) is 0 Å². The predicted octanol–water partition coefficient (Wildman–Crippen LogP) is 3.22. The lowest BCUT2D eigenvalue weighted by Crippen LogP contribution is -2.21. The molecule has 0 aliphatic carbocycles. The quantitative estimate of drug-likeness (QED) is 0.755. The molecule has 124 valence electrons. The van der Waals surface area contributed by atoms with E-state index in [9.17, 15) is 9.59 Å². The van der Waals surface area contributed by atoms with Gasteiger partial charge in [0.25, 0.3) is 5.91 Å². The highest BCUT2D eigenvalue weighted by Gasteiger charge is 2.10. The van der Waals surface area contributed by atoms with Gasteiger partial charge < -0.3 is 14.6 Å². The van der Waals surface area contributed by atoms with E-state index in [-0.39, 0.29) is 5.91 Å². The van der Waals surface area contributed by atoms with E-state index in [1.807, 2.05) is 24.3 Å². The molecule has 0 saturated heterocycles. The second-order valence-electron chi connectivity index (χ2n) is 5.40. The Morgan fingerprint density at radius 1 is 1.12 bits per heavy atom. The maximum absolute atomic E-state index is 12.3. The molecule has 1 heterocycles. The summed E-state index contributed by atoms with van der Waals surface area (Å²) in [7, 11) is 0. The van der Waals surface area contributed by atoms with Crippen LogP contribution in [0.25, 0.3) is 11.1 Å². The van der Waals surface area contributed by atoms with Crippen LogP contribution in [-0.4, -0.2) is 24.0 Å². The lowest BCUT2D eigenvalue weighted by atomic mass is 10.2. The van der Waals surface area contributed by atoms with Gasteiger partial charge in [-0.05, 0) is 56.3 Å². The molecule has 0 bridgehead atoms. The number of hydrogen-bond acceptors (Lipinski definition) is 4. The smallest absolute Gasteiger partial charge is 0.408 e. The summed E-state index contributed by atoms with van der Waals surface area (Å²) in [6.07, 6.45) is 0. The summed E-state index contributed by atoms with van der Waals surface area (Å²) in [5, 5.41) is 2.84. The van der Waals surface area contributed by atoms with E-state index in [0.29, 0.717) is 22.4 Å². The first-order valence-corrected chi connectivity index (χ1v) is 7.90. The second-order valence-corrected chi connectivity index (χ2v) is 5.40. The summed E-state index contributed by atoms with van der Waals surface area (Å²) in [5.74, 6) is -0.786. The Morgan fingerprint density at radius 3 is 2.50 bits per heavy atom. The Kier molecular flexibility index (Phi) is 4.37. The molecular weight excluding hydrogens is 306 g/mol. The highest BCUT2D eigenvalue weighted by atomic mass is 16.4. The Bertz CT molecular complexity index is 905. The van der Waals surface area contributed by atoms with E-state index in [0.717, 1.165) is 18.8 Å². The monoisotopic (exact) mass is 325 g/mol. The van der Waals surface area contributed by atoms with Crippen LogP contribution in [0.5, 0.6) is 0 Å². The summed E-state index contributed by atoms with van der Waals surface area (Å²) in [5.41, 5.74) is 3.20. The molecule has 1 aromatic heterocycles. The molecule has 0 atom stereocenters. The molecule has 24 heavy (non-hydrogen) atoms. The van der Waals surface area contributed by atoms with Gasteiger partial charge in [0.2, 0.25) is 0 Å². The van der Waals surface area contributed by atoms with Crippen molar-refractivity contribution in [3.05, 3.63) is 58.6 Å². The van der Waals surface area contributed by atoms with Crippen molar-refractivity contribution in [3.8, 4) is 0 Å². The molecule has 0 aliphatic rings. The van der Waals surface area contributed by atoms with Crippen molar-refractivity contribution in [2.45, 2.75) is 13.8 Å². The summed E-state index contributed by atoms with van der Waals surface area (Å²) in [4.78, 5) is 28.3. The third kappa shape index (κ3) is 3.17. The van der Waals surface area contributed by atoms with Gasteiger partial charge in [0, 0.05) is 30.0 Å². The Hall–Kier alpha value is -3.02. The molecular formula is C18H19N3O3. The molecule has 6 nitrogen and oxygen atoms in total. The number of carbonyl (C=O) groups is 1. The molecule has 1 amide bonds. The first kappa shape index (κ1) is 15.9. The average Bonchev–Trinajstić information content (AvgIpc) is 2.96. The predicted molar refractivity (Wildman–Crippen MR) is 94.8 cm³/mol. The molecule has 0 spiro atoms. The number of oxazole rings is 1. The number of aromatic amines is 1. The molecule has 0 unspecified atom stereocenters. The van der Waals surface area contributed by atoms with Crippen molar-refractivity contribution in [1.82, 2.24) is 4.98 Å². The van der Waals surface area contributed by atoms with Crippen LogP contribution >= 0.6 is 0 Å². The van der Waals surface area contributed by atoms with Crippen LogP contribution in [0.1, 0.15) is 24.2 Å². The van der Waals surface area contributed by atoms with E-state index < -0.39 is 5.76 Å². The van der Waals surface area contributed by atoms with Gasteiger partial charge in [-0.2, -0.15) is 0 Å². The van der Waals surface area contributed by atoms with Gasteiger partial charge in [0.1, 0.15) is 0 Å². The van der Waals surface area contributed by atoms with E-state index in [1.165, 1.54) is 0 Å². The van der Waals surface area contributed by atoms with Crippen LogP contribution in [0.4, 0.5) is 11.4 Å². The van der Waals surface area contributed by atoms with Crippen molar-refractivity contribution in [2.24, 2.45) is 0 Å². The Labute approximate surface area is 139 Å². The van der Waals surface area contributed by atoms with E-state index in [4.69, 9.17) is 4.42 Å². The van der Waals surface area contributed by atoms with Gasteiger partial charge in [-0.1, -0.05) is 0 Å². The van der Waals surface area contributed by atoms with Crippen molar-refractivity contribution in [3.63, 3.8) is 0 Å². The second kappa shape index (κ2) is 6.62. The topological polar surface area (TPSA) is 78.3 Å². The third-order valence-corrected chi connectivity index (χ3v) is 3.94. The lowest BCUT2D eigenvalue weighted by Gasteiger charge is -2.21. The fraction of sp³-hybridized carbons (Fsp3) is 0.222. The van der Waals surface area contributed by atoms with Crippen LogP contribution in [0.15, 0.2) is 51.7 Å². The number of nitrogens with zero attached hydrogens (tertiary/aromatic N) is 1. The van der Waals surface area contributed by atoms with Crippen molar-refractivity contribution in [1.29, 1.82) is 0 Å². The number of anilines is 2. The highest BCUT2D eigenvalue weighted by Crippen LogP contribution is 2.19. The number of fused-ring (bicyclic) bond motifs is 1. The summed E-state index contributed by atoms with van der Waals surface area (Å²) in [6.45, 7) is 6.08. The van der Waals surface area contributed by atoms with Gasteiger partial charge in [-0.15, -0.1) is 0 Å². The zero-order chi connectivity index (χ0) is 17.1. The molecule has 0 aliphatic heterocycles. The molecule has 0 radical (unpaired) electrons. The summed E-state index contributed by atoms with van der Waals surface area (Å²) < 4.78 is 4.98. The Balaban J connectivity index is 1.76. The van der Waals surface area contributed by atoms with E-state index in [2.05, 4.69) is 29.0 Å². The maximum Gasteiger partial charge on any atom is 0.417 e. The number of amides is 1. The number of carbonyl (C=O) groups excluding carboxylic acids is 1. The van der Waals surface area contributed by atoms with Gasteiger partial charge in [0.15, 0.2) is 5.58 Å². The summed E-state index contributed by atoms with van der Waals surface area (Å²) in [6, 6.07) is 12.6. The standard InChI is InChI=1S/C18H19N3O3/c1-3-21(4-2)14-8-6-13(7-9-14)19-17(22)12-5-10-15-16(11-12)24-18(23)20-15/h5-11H,3-4H2,1-2H3,(H,19,22)(H,20,23). The van der Waals surface area contributed by atoms with Crippen molar-refractivity contribution in [2.75, 3.05) is 23.3 Å². The minimum Gasteiger partial charge on any atom is -0.408 e. The number of benzene rings is 2. The molecule has 3 aromatic rings. The zero-order valence-electron chi connectivity index (χ0n) is 13.6. The average molecular weight is 325 g/mol. The van der Waals surface area contributed by atoms with Gasteiger partial charge >= 0.3 is 5.76 Å². The fourth-order valence-electron chi connectivity index (χ4n) is 2.63. The molecule has 2 N–H and O–H groups in total. The number of nitrogens with one attached hydrogen (secondary N) is 2. The van der Waals surface area contributed by atoms with Crippen molar-refractivity contribution >= 4 is 28.4 Å². The van der Waals surface area contributed by atoms with Crippen LogP contribution in [-0.2, 0) is 0 Å². The Morgan fingerprint density at radius 2 is 1.83 bits per heavy atom. The third-order valence-electron chi connectivity index (χ3n) is 3.94. The molecule has 3 rings (SSSR count). The maximum atomic E-state index is 12.3. The zero-order valence-corrected chi connectivity index (χ0v) is 13.6. The number of rotatable bonds is 5. The van der Waals surface area contributed by atoms with Gasteiger partial charge in [0.05, 0.1) is 5.52 Å². The first-order chi connectivity index (χ1) is 11.6. The fourth-order valence-corrected chi connectivity index (χ4v) is 2.63. The number of aromatic nitrogens is 1. The van der Waals surface area contributed by atoms with Gasteiger partial charge in [-0.3, -0.25) is 9.78 Å². The molecule has 2 aromatic carbocycles. The number of hydrogen-bond donors (Lipinski definition) is 2. The van der Waals surface area contributed by atoms with Gasteiger partial charge in [-0.25, -0.2) is 4.79 Å². The minimum atomic E-state index is -0.533. The SMILES string of the molecule is CCN(CC)c1ccc(NC(=O)c2ccc3[nH]c(=O)oc3c2)cc1. The largest absolute Gasteiger partial charge is 0.417 e. The number of H-pyrrole nitrogens is 1. The molecule has 0 fully saturated rings. The van der Waals surface area contributed by atoms with Crippen LogP contribution < -0.4 is 16.0 Å². The summed E-state index contributed by atoms with van der Waals surface area (Å²) >= 11 is 0. The lowest BCUT2D eigenvalue weighted by molar-refractivity contribution is 0.102. The highest BCUT2D eigenvalue weighted by molar-refractivity contribution is 6.05. The van der Waals surface area contributed by atoms with Crippen LogP contribution in [0.3, 0.4) is 0 Å². The minimum absolute atomic E-state index is 0.253. The normalized spacial score (nSPS) is 10.8. The van der Waals surface area contributed by atoms with Crippen LogP contribution in [0, 0.1) is 0 Å². The van der Waals surface area contributed by atoms with E-state index >= 15 is 0 Å². The van der Waals surface area contributed by atoms with Crippen molar-refractivity contribution < 1.29 is 9.21 Å². The molecule has 6 heteroatoms. The first-order valence-electron chi connectivity index (χ1n) is 7.90.